The maximum absolute atomic E-state index is 13.1. The van der Waals surface area contributed by atoms with Gasteiger partial charge in [-0.2, -0.15) is 5.10 Å². The fraction of sp³-hybridized carbons (Fsp3) is 0.350. The number of ether oxygens (including phenoxy) is 1. The van der Waals surface area contributed by atoms with E-state index in [2.05, 4.69) is 10.4 Å². The van der Waals surface area contributed by atoms with Gasteiger partial charge < -0.3 is 10.1 Å². The van der Waals surface area contributed by atoms with Gasteiger partial charge in [0.25, 0.3) is 5.91 Å². The molecule has 0 bridgehead atoms. The molecule has 0 aliphatic heterocycles. The Morgan fingerprint density at radius 1 is 1.29 bits per heavy atom. The molecule has 0 fully saturated rings. The molecule has 0 saturated carbocycles. The van der Waals surface area contributed by atoms with Crippen LogP contribution in [0.2, 0.25) is 5.15 Å². The second-order valence-electron chi connectivity index (χ2n) is 7.33. The molecule has 0 unspecified atom stereocenters. The molecule has 1 heterocycles. The number of nitrogens with one attached hydrogen (secondary N) is 1. The molecule has 28 heavy (non-hydrogen) atoms. The van der Waals surface area contributed by atoms with Crippen molar-refractivity contribution in [3.05, 3.63) is 52.6 Å². The van der Waals surface area contributed by atoms with Gasteiger partial charge in [-0.15, -0.1) is 0 Å². The molecule has 8 heteroatoms. The summed E-state index contributed by atoms with van der Waals surface area (Å²) in [5, 5.41) is 7.32. The summed E-state index contributed by atoms with van der Waals surface area (Å²) in [6, 6.07) is 5.70. The predicted molar refractivity (Wildman–Crippen MR) is 106 cm³/mol. The lowest BCUT2D eigenvalue weighted by Crippen LogP contribution is -2.46. The molecule has 1 amide bonds. The molecule has 0 aliphatic rings. The molecule has 2 rings (SSSR count). The Morgan fingerprint density at radius 2 is 1.89 bits per heavy atom. The van der Waals surface area contributed by atoms with Gasteiger partial charge in [0.15, 0.2) is 6.10 Å². The van der Waals surface area contributed by atoms with Crippen molar-refractivity contribution in [3.63, 3.8) is 0 Å². The highest BCUT2D eigenvalue weighted by Gasteiger charge is 2.21. The van der Waals surface area contributed by atoms with E-state index in [4.69, 9.17) is 16.3 Å². The number of carbonyl (C=O) groups excluding carboxylic acids is 2. The van der Waals surface area contributed by atoms with Crippen LogP contribution in [-0.2, 0) is 14.3 Å². The average Bonchev–Trinajstić information content (AvgIpc) is 2.86. The van der Waals surface area contributed by atoms with E-state index < -0.39 is 17.6 Å². The zero-order valence-electron chi connectivity index (χ0n) is 16.4. The summed E-state index contributed by atoms with van der Waals surface area (Å²) >= 11 is 6.36. The second kappa shape index (κ2) is 8.56. The number of amides is 1. The second-order valence-corrected chi connectivity index (χ2v) is 7.69. The van der Waals surface area contributed by atoms with Gasteiger partial charge >= 0.3 is 5.97 Å². The van der Waals surface area contributed by atoms with E-state index in [0.29, 0.717) is 16.9 Å². The van der Waals surface area contributed by atoms with Crippen molar-refractivity contribution in [1.82, 2.24) is 15.1 Å². The maximum atomic E-state index is 13.1. The third kappa shape index (κ3) is 5.66. The predicted octanol–water partition coefficient (Wildman–Crippen LogP) is 3.83. The molecule has 0 spiro atoms. The Bertz CT molecular complexity index is 899. The lowest BCUT2D eigenvalue weighted by atomic mass is 10.1. The van der Waals surface area contributed by atoms with Crippen LogP contribution < -0.4 is 5.32 Å². The Labute approximate surface area is 168 Å². The highest BCUT2D eigenvalue weighted by Crippen LogP contribution is 2.25. The Morgan fingerprint density at radius 3 is 2.46 bits per heavy atom. The van der Waals surface area contributed by atoms with Crippen LogP contribution in [0.15, 0.2) is 30.3 Å². The van der Waals surface area contributed by atoms with Crippen LogP contribution in [0, 0.1) is 12.7 Å². The minimum atomic E-state index is -0.935. The summed E-state index contributed by atoms with van der Waals surface area (Å²) in [4.78, 5) is 24.0. The summed E-state index contributed by atoms with van der Waals surface area (Å²) in [6.45, 7) is 8.74. The van der Waals surface area contributed by atoms with Gasteiger partial charge in [-0.3, -0.25) is 4.79 Å². The molecular weight excluding hydrogens is 385 g/mol. The number of benzene rings is 1. The zero-order chi connectivity index (χ0) is 21.1. The third-order valence-electron chi connectivity index (χ3n) is 3.67. The first kappa shape index (κ1) is 21.6. The normalized spacial score (nSPS) is 12.8. The van der Waals surface area contributed by atoms with Crippen LogP contribution in [0.1, 0.15) is 39.0 Å². The fourth-order valence-electron chi connectivity index (χ4n) is 2.34. The van der Waals surface area contributed by atoms with E-state index in [1.807, 2.05) is 20.8 Å². The van der Waals surface area contributed by atoms with Gasteiger partial charge in [0.2, 0.25) is 0 Å². The first-order valence-electron chi connectivity index (χ1n) is 8.69. The van der Waals surface area contributed by atoms with E-state index in [1.54, 1.807) is 19.1 Å². The quantitative estimate of drug-likeness (QED) is 0.603. The van der Waals surface area contributed by atoms with Crippen molar-refractivity contribution in [2.24, 2.45) is 0 Å². The number of hydrogen-bond donors (Lipinski definition) is 1. The van der Waals surface area contributed by atoms with Gasteiger partial charge in [0.05, 0.1) is 11.4 Å². The summed E-state index contributed by atoms with van der Waals surface area (Å²) in [5.41, 5.74) is 1.27. The highest BCUT2D eigenvalue weighted by molar-refractivity contribution is 6.31. The van der Waals surface area contributed by atoms with Crippen LogP contribution >= 0.6 is 11.6 Å². The van der Waals surface area contributed by atoms with Crippen molar-refractivity contribution in [2.45, 2.75) is 46.3 Å². The number of hydrogen-bond acceptors (Lipinski definition) is 4. The highest BCUT2D eigenvalue weighted by atomic mass is 35.5. The van der Waals surface area contributed by atoms with Crippen molar-refractivity contribution >= 4 is 29.6 Å². The number of aryl methyl sites for hydroxylation is 1. The van der Waals surface area contributed by atoms with Crippen molar-refractivity contribution in [1.29, 1.82) is 0 Å². The van der Waals surface area contributed by atoms with Gasteiger partial charge in [-0.05, 0) is 65.0 Å². The molecule has 6 nitrogen and oxygen atoms in total. The van der Waals surface area contributed by atoms with E-state index in [0.717, 1.165) is 0 Å². The first-order chi connectivity index (χ1) is 13.0. The zero-order valence-corrected chi connectivity index (χ0v) is 17.2. The Balaban J connectivity index is 2.10. The number of halogens is 2. The molecule has 1 N–H and O–H groups in total. The van der Waals surface area contributed by atoms with Gasteiger partial charge in [0, 0.05) is 17.2 Å². The van der Waals surface area contributed by atoms with Gasteiger partial charge in [0.1, 0.15) is 11.0 Å². The van der Waals surface area contributed by atoms with Gasteiger partial charge in [-0.1, -0.05) is 11.6 Å². The maximum Gasteiger partial charge on any atom is 0.331 e. The molecule has 1 aromatic heterocycles. The third-order valence-corrected chi connectivity index (χ3v) is 4.03. The molecular formula is C20H23ClFN3O3. The van der Waals surface area contributed by atoms with Crippen LogP contribution in [0.4, 0.5) is 4.39 Å². The van der Waals surface area contributed by atoms with E-state index in [1.165, 1.54) is 35.9 Å². The first-order valence-corrected chi connectivity index (χ1v) is 9.07. The van der Waals surface area contributed by atoms with E-state index in [9.17, 15) is 14.0 Å². The minimum Gasteiger partial charge on any atom is -0.449 e. The minimum absolute atomic E-state index is 0.270. The Hall–Kier alpha value is -2.67. The molecule has 2 aromatic rings. The molecule has 0 radical (unpaired) electrons. The van der Waals surface area contributed by atoms with Crippen molar-refractivity contribution < 1.29 is 18.7 Å². The van der Waals surface area contributed by atoms with E-state index >= 15 is 0 Å². The van der Waals surface area contributed by atoms with Crippen LogP contribution in [0.5, 0.6) is 0 Å². The number of aromatic nitrogens is 2. The summed E-state index contributed by atoms with van der Waals surface area (Å²) in [6.07, 6.45) is 1.72. The smallest absolute Gasteiger partial charge is 0.331 e. The number of rotatable bonds is 5. The summed E-state index contributed by atoms with van der Waals surface area (Å²) < 4.78 is 19.7. The Kier molecular flexibility index (Phi) is 6.61. The molecule has 150 valence electrons. The van der Waals surface area contributed by atoms with Crippen molar-refractivity contribution in [2.75, 3.05) is 0 Å². The molecule has 0 aliphatic carbocycles. The summed E-state index contributed by atoms with van der Waals surface area (Å²) in [7, 11) is 0. The number of esters is 1. The summed E-state index contributed by atoms with van der Waals surface area (Å²) in [5.74, 6) is -1.43. The lowest BCUT2D eigenvalue weighted by Gasteiger charge is -2.22. The van der Waals surface area contributed by atoms with Crippen molar-refractivity contribution in [3.8, 4) is 5.69 Å². The monoisotopic (exact) mass is 407 g/mol. The standard InChI is InChI=1S/C20H23ClFN3O3/c1-12-16(18(21)25(24-12)15-8-6-14(22)7-9-15)10-11-17(26)28-13(2)19(27)23-20(3,4)5/h6-11,13H,1-5H3,(H,23,27)/b11-10+/t13-/m1/s1. The SMILES string of the molecule is Cc1nn(-c2ccc(F)cc2)c(Cl)c1/C=C/C(=O)O[C@H](C)C(=O)NC(C)(C)C. The molecule has 1 atom stereocenters. The fourth-order valence-corrected chi connectivity index (χ4v) is 2.68. The van der Waals surface area contributed by atoms with Crippen LogP contribution in [0.25, 0.3) is 11.8 Å². The van der Waals surface area contributed by atoms with Crippen LogP contribution in [0.3, 0.4) is 0 Å². The lowest BCUT2D eigenvalue weighted by molar-refractivity contribution is -0.150. The number of nitrogens with zero attached hydrogens (tertiary/aromatic N) is 2. The molecule has 0 saturated heterocycles. The topological polar surface area (TPSA) is 73.2 Å². The molecule has 1 aromatic carbocycles. The largest absolute Gasteiger partial charge is 0.449 e. The number of carbonyl (C=O) groups is 2. The average molecular weight is 408 g/mol. The van der Waals surface area contributed by atoms with Gasteiger partial charge in [-0.25, -0.2) is 13.9 Å². The van der Waals surface area contributed by atoms with E-state index in [-0.39, 0.29) is 16.9 Å². The van der Waals surface area contributed by atoms with Crippen LogP contribution in [-0.4, -0.2) is 33.3 Å².